The highest BCUT2D eigenvalue weighted by atomic mass is 32.2. The molecule has 0 amide bonds. The number of nitrogens with zero attached hydrogens (tertiary/aromatic N) is 3. The molecule has 88 valence electrons. The molecule has 1 heterocycles. The average molecular weight is 247 g/mol. The predicted molar refractivity (Wildman–Crippen MR) is 69.8 cm³/mol. The molecule has 0 unspecified atom stereocenters. The van der Waals surface area contributed by atoms with Crippen molar-refractivity contribution in [3.63, 3.8) is 0 Å². The van der Waals surface area contributed by atoms with Gasteiger partial charge in [-0.15, -0.1) is 10.2 Å². The lowest BCUT2D eigenvalue weighted by molar-refractivity contribution is 0.847. The number of rotatable bonds is 4. The van der Waals surface area contributed by atoms with Gasteiger partial charge >= 0.3 is 0 Å². The van der Waals surface area contributed by atoms with Gasteiger partial charge in [-0.1, -0.05) is 42.1 Å². The van der Waals surface area contributed by atoms with Crippen molar-refractivity contribution in [3.05, 3.63) is 35.9 Å². The van der Waals surface area contributed by atoms with E-state index in [2.05, 4.69) is 20.5 Å². The van der Waals surface area contributed by atoms with Crippen molar-refractivity contribution in [1.29, 1.82) is 0 Å². The number of aromatic nitrogens is 3. The summed E-state index contributed by atoms with van der Waals surface area (Å²) < 4.78 is 0. The van der Waals surface area contributed by atoms with Crippen LogP contribution in [0.2, 0.25) is 0 Å². The largest absolute Gasteiger partial charge is 0.379 e. The van der Waals surface area contributed by atoms with Crippen molar-refractivity contribution in [2.45, 2.75) is 11.7 Å². The van der Waals surface area contributed by atoms with Gasteiger partial charge in [0.25, 0.3) is 0 Å². The lowest BCUT2D eigenvalue weighted by Crippen LogP contribution is -2.08. The summed E-state index contributed by atoms with van der Waals surface area (Å²) in [5.41, 5.74) is 6.86. The molecule has 0 aliphatic heterocycles. The highest BCUT2D eigenvalue weighted by Crippen LogP contribution is 2.16. The van der Waals surface area contributed by atoms with E-state index in [1.807, 2.05) is 36.6 Å². The van der Waals surface area contributed by atoms with Crippen LogP contribution in [0, 0.1) is 0 Å². The Balaban J connectivity index is 2.08. The molecule has 0 saturated heterocycles. The molecule has 0 spiro atoms. The molecule has 6 heteroatoms. The summed E-state index contributed by atoms with van der Waals surface area (Å²) in [5.74, 6) is 0.895. The van der Waals surface area contributed by atoms with Gasteiger partial charge in [-0.25, -0.2) is 0 Å². The van der Waals surface area contributed by atoms with Crippen LogP contribution in [0.4, 0.5) is 11.6 Å². The predicted octanol–water partition coefficient (Wildman–Crippen LogP) is 1.79. The minimum Gasteiger partial charge on any atom is -0.379 e. The number of benzene rings is 1. The van der Waals surface area contributed by atoms with E-state index in [1.165, 1.54) is 11.8 Å². The Kier molecular flexibility index (Phi) is 3.77. The van der Waals surface area contributed by atoms with Gasteiger partial charge in [0.15, 0.2) is 11.6 Å². The first-order valence-corrected chi connectivity index (χ1v) is 6.34. The number of thioether (sulfide) groups is 1. The maximum Gasteiger partial charge on any atom is 0.210 e. The molecule has 2 rings (SSSR count). The molecule has 1 aromatic heterocycles. The van der Waals surface area contributed by atoms with Crippen LogP contribution in [-0.4, -0.2) is 21.4 Å². The zero-order chi connectivity index (χ0) is 12.1. The summed E-state index contributed by atoms with van der Waals surface area (Å²) in [7, 11) is 0. The fourth-order valence-electron chi connectivity index (χ4n) is 1.32. The van der Waals surface area contributed by atoms with E-state index < -0.39 is 0 Å². The Hall–Kier alpha value is -1.82. The molecule has 0 aliphatic rings. The molecule has 3 N–H and O–H groups in total. The molecule has 0 bridgehead atoms. The molecule has 1 aromatic carbocycles. The Morgan fingerprint density at radius 1 is 1.24 bits per heavy atom. The smallest absolute Gasteiger partial charge is 0.210 e. The van der Waals surface area contributed by atoms with Gasteiger partial charge in [0.05, 0.1) is 0 Å². The summed E-state index contributed by atoms with van der Waals surface area (Å²) in [4.78, 5) is 4.26. The lowest BCUT2D eigenvalue weighted by Gasteiger charge is -2.07. The summed E-state index contributed by atoms with van der Waals surface area (Å²) >= 11 is 1.43. The van der Waals surface area contributed by atoms with Crippen LogP contribution in [0.15, 0.2) is 35.5 Å². The molecule has 0 atom stereocenters. The molecule has 0 radical (unpaired) electrons. The van der Waals surface area contributed by atoms with Crippen LogP contribution in [0.1, 0.15) is 5.56 Å². The number of hydrogen-bond acceptors (Lipinski definition) is 6. The standard InChI is InChI=1S/C11H13N5S/c1-17-11-14-10(9(12)15-16-11)13-7-8-5-3-2-4-6-8/h2-6H,7H2,1H3,(H2,12,15)(H,13,14,16). The third-order valence-corrected chi connectivity index (χ3v) is 2.72. The van der Waals surface area contributed by atoms with Crippen LogP contribution in [-0.2, 0) is 6.54 Å². The molecule has 5 nitrogen and oxygen atoms in total. The van der Waals surface area contributed by atoms with E-state index in [-0.39, 0.29) is 0 Å². The van der Waals surface area contributed by atoms with Crippen LogP contribution < -0.4 is 11.1 Å². The summed E-state index contributed by atoms with van der Waals surface area (Å²) in [6.45, 7) is 0.664. The molecule has 0 saturated carbocycles. The van der Waals surface area contributed by atoms with Gasteiger partial charge < -0.3 is 11.1 Å². The van der Waals surface area contributed by atoms with Crippen LogP contribution in [0.5, 0.6) is 0 Å². The van der Waals surface area contributed by atoms with E-state index in [0.717, 1.165) is 5.56 Å². The van der Waals surface area contributed by atoms with E-state index >= 15 is 0 Å². The summed E-state index contributed by atoms with van der Waals surface area (Å²) in [6.07, 6.45) is 1.90. The summed E-state index contributed by atoms with van der Waals surface area (Å²) in [5, 5.41) is 11.5. The number of nitrogen functional groups attached to an aromatic ring is 1. The SMILES string of the molecule is CSc1nnc(N)c(NCc2ccccc2)n1. The zero-order valence-corrected chi connectivity index (χ0v) is 10.2. The fraction of sp³-hybridized carbons (Fsp3) is 0.182. The molecular formula is C11H13N5S. The van der Waals surface area contributed by atoms with Gasteiger partial charge in [-0.3, -0.25) is 0 Å². The van der Waals surface area contributed by atoms with Crippen molar-refractivity contribution >= 4 is 23.4 Å². The van der Waals surface area contributed by atoms with Crippen molar-refractivity contribution in [1.82, 2.24) is 15.2 Å². The molecule has 17 heavy (non-hydrogen) atoms. The molecule has 2 aromatic rings. The van der Waals surface area contributed by atoms with Crippen LogP contribution >= 0.6 is 11.8 Å². The maximum absolute atomic E-state index is 5.70. The van der Waals surface area contributed by atoms with Crippen LogP contribution in [0.25, 0.3) is 0 Å². The average Bonchev–Trinajstić information content (AvgIpc) is 2.39. The van der Waals surface area contributed by atoms with Gasteiger partial charge in [0.1, 0.15) is 0 Å². The van der Waals surface area contributed by atoms with Crippen molar-refractivity contribution in [3.8, 4) is 0 Å². The maximum atomic E-state index is 5.70. The Morgan fingerprint density at radius 3 is 2.71 bits per heavy atom. The van der Waals surface area contributed by atoms with Gasteiger partial charge in [-0.2, -0.15) is 4.98 Å². The van der Waals surface area contributed by atoms with E-state index in [4.69, 9.17) is 5.73 Å². The zero-order valence-electron chi connectivity index (χ0n) is 9.42. The number of nitrogens with one attached hydrogen (secondary N) is 1. The van der Waals surface area contributed by atoms with E-state index in [1.54, 1.807) is 0 Å². The normalized spacial score (nSPS) is 10.2. The Labute approximate surface area is 104 Å². The van der Waals surface area contributed by atoms with Crippen molar-refractivity contribution in [2.24, 2.45) is 0 Å². The Bertz CT molecular complexity index is 488. The fourth-order valence-corrected chi connectivity index (χ4v) is 1.62. The number of nitrogens with two attached hydrogens (primary N) is 1. The first-order chi connectivity index (χ1) is 8.29. The van der Waals surface area contributed by atoms with Crippen LogP contribution in [0.3, 0.4) is 0 Å². The topological polar surface area (TPSA) is 76.7 Å². The quantitative estimate of drug-likeness (QED) is 0.802. The first kappa shape index (κ1) is 11.7. The first-order valence-electron chi connectivity index (χ1n) is 5.11. The minimum atomic E-state index is 0.318. The highest BCUT2D eigenvalue weighted by Gasteiger charge is 2.04. The van der Waals surface area contributed by atoms with Crippen molar-refractivity contribution < 1.29 is 0 Å². The molecular weight excluding hydrogens is 234 g/mol. The number of hydrogen-bond donors (Lipinski definition) is 2. The lowest BCUT2D eigenvalue weighted by atomic mass is 10.2. The Morgan fingerprint density at radius 2 is 2.00 bits per heavy atom. The van der Waals surface area contributed by atoms with Gasteiger partial charge in [-0.05, 0) is 11.8 Å². The monoisotopic (exact) mass is 247 g/mol. The highest BCUT2D eigenvalue weighted by molar-refractivity contribution is 7.98. The number of anilines is 2. The van der Waals surface area contributed by atoms with E-state index in [9.17, 15) is 0 Å². The summed E-state index contributed by atoms with van der Waals surface area (Å²) in [6, 6.07) is 10.0. The van der Waals surface area contributed by atoms with Gasteiger partial charge in [0.2, 0.25) is 5.16 Å². The third-order valence-electron chi connectivity index (χ3n) is 2.18. The van der Waals surface area contributed by atoms with Crippen molar-refractivity contribution in [2.75, 3.05) is 17.3 Å². The van der Waals surface area contributed by atoms with E-state index in [0.29, 0.717) is 23.3 Å². The second-order valence-corrected chi connectivity index (χ2v) is 4.14. The third kappa shape index (κ3) is 3.07. The minimum absolute atomic E-state index is 0.318. The second kappa shape index (κ2) is 5.49. The second-order valence-electron chi connectivity index (χ2n) is 3.37. The molecule has 0 fully saturated rings. The van der Waals surface area contributed by atoms with Gasteiger partial charge in [0, 0.05) is 6.54 Å². The molecule has 0 aliphatic carbocycles.